The average Bonchev–Trinajstić information content (AvgIpc) is 2.94. The number of amides is 2. The quantitative estimate of drug-likeness (QED) is 0.205. The van der Waals surface area contributed by atoms with Gasteiger partial charge in [0.2, 0.25) is 5.91 Å². The second kappa shape index (κ2) is 14.1. The van der Waals surface area contributed by atoms with E-state index in [-0.39, 0.29) is 35.2 Å². The molecule has 0 aliphatic carbocycles. The Hall–Kier alpha value is -3.70. The molecule has 3 atom stereocenters. The first-order valence-electron chi connectivity index (χ1n) is 12.9. The number of halogens is 1. The van der Waals surface area contributed by atoms with E-state index in [1.54, 1.807) is 32.0 Å². The zero-order chi connectivity index (χ0) is 29.4. The lowest BCUT2D eigenvalue weighted by Crippen LogP contribution is -2.58. The predicted octanol–water partition coefficient (Wildman–Crippen LogP) is 4.10. The third kappa shape index (κ3) is 7.48. The molecule has 0 aliphatic heterocycles. The monoisotopic (exact) mass is 615 g/mol. The number of methoxy groups -OCH3 is 1. The van der Waals surface area contributed by atoms with Crippen LogP contribution in [0.1, 0.15) is 50.2 Å². The molecule has 11 heteroatoms. The van der Waals surface area contributed by atoms with Crippen LogP contribution in [0.15, 0.2) is 62.2 Å². The molecule has 10 nitrogen and oxygen atoms in total. The standard InChI is InChI=1S/C29H34BrN3O7/c1-6-17(4)26(28(36)31-25(16(2)3)29(37)38-5)32-33-27(35)23-14-20(34)24-21(12-9-13-22(24)40-23)39-15-18-10-7-8-11-19(18)30/h7-14,16-17,25-26,32H,6,15H2,1-5H3,(H,31,36)(H,33,35)/t17-,25+,26+/m1/s1. The molecule has 3 rings (SSSR count). The van der Waals surface area contributed by atoms with Crippen molar-refractivity contribution in [3.05, 3.63) is 74.6 Å². The maximum atomic E-state index is 13.1. The maximum Gasteiger partial charge on any atom is 0.328 e. The Bertz CT molecular complexity index is 1420. The minimum Gasteiger partial charge on any atom is -0.488 e. The smallest absolute Gasteiger partial charge is 0.328 e. The van der Waals surface area contributed by atoms with E-state index in [2.05, 4.69) is 32.1 Å². The van der Waals surface area contributed by atoms with Crippen molar-refractivity contribution in [2.75, 3.05) is 7.11 Å². The number of hydrogen-bond acceptors (Lipinski definition) is 8. The fourth-order valence-corrected chi connectivity index (χ4v) is 4.36. The largest absolute Gasteiger partial charge is 0.488 e. The fourth-order valence-electron chi connectivity index (χ4n) is 3.96. The minimum atomic E-state index is -0.871. The number of ether oxygens (including phenoxy) is 2. The van der Waals surface area contributed by atoms with Gasteiger partial charge in [-0.1, -0.05) is 74.3 Å². The topological polar surface area (TPSA) is 136 Å². The SMILES string of the molecule is CC[C@@H](C)[C@H](NNC(=O)c1cc(=O)c2c(OCc3ccccc3Br)cccc2o1)C(=O)N[C@H](C(=O)OC)C(C)C. The zero-order valence-corrected chi connectivity index (χ0v) is 24.7. The molecule has 2 amide bonds. The van der Waals surface area contributed by atoms with Crippen molar-refractivity contribution in [2.24, 2.45) is 11.8 Å². The number of rotatable bonds is 12. The van der Waals surface area contributed by atoms with E-state index in [9.17, 15) is 19.2 Å². The zero-order valence-electron chi connectivity index (χ0n) is 23.1. The number of carbonyl (C=O) groups excluding carboxylic acids is 3. The fraction of sp³-hybridized carbons (Fsp3) is 0.379. The van der Waals surface area contributed by atoms with Crippen molar-refractivity contribution in [3.63, 3.8) is 0 Å². The Labute approximate surface area is 240 Å². The highest BCUT2D eigenvalue weighted by Crippen LogP contribution is 2.25. The number of esters is 1. The van der Waals surface area contributed by atoms with Crippen molar-refractivity contribution in [2.45, 2.75) is 52.8 Å². The summed E-state index contributed by atoms with van der Waals surface area (Å²) in [6.07, 6.45) is 0.610. The number of carbonyl (C=O) groups is 3. The normalized spacial score (nSPS) is 13.4. The first-order valence-corrected chi connectivity index (χ1v) is 13.7. The second-order valence-electron chi connectivity index (χ2n) is 9.70. The Balaban J connectivity index is 1.77. The molecular formula is C29H34BrN3O7. The molecule has 1 aromatic heterocycles. The summed E-state index contributed by atoms with van der Waals surface area (Å²) >= 11 is 3.48. The molecular weight excluding hydrogens is 582 g/mol. The van der Waals surface area contributed by atoms with E-state index in [0.29, 0.717) is 12.2 Å². The van der Waals surface area contributed by atoms with Crippen LogP contribution < -0.4 is 26.3 Å². The summed E-state index contributed by atoms with van der Waals surface area (Å²) in [6, 6.07) is 11.8. The Morgan fingerprint density at radius 1 is 1.02 bits per heavy atom. The van der Waals surface area contributed by atoms with Crippen LogP contribution in [0.2, 0.25) is 0 Å². The first kappa shape index (κ1) is 30.8. The minimum absolute atomic E-state index is 0.177. The number of hydrogen-bond donors (Lipinski definition) is 3. The van der Waals surface area contributed by atoms with E-state index in [4.69, 9.17) is 13.9 Å². The highest BCUT2D eigenvalue weighted by molar-refractivity contribution is 9.10. The van der Waals surface area contributed by atoms with Gasteiger partial charge in [0.05, 0.1) is 7.11 Å². The van der Waals surface area contributed by atoms with Gasteiger partial charge in [0.25, 0.3) is 0 Å². The molecule has 0 radical (unpaired) electrons. The number of benzene rings is 2. The van der Waals surface area contributed by atoms with Crippen molar-refractivity contribution >= 4 is 44.7 Å². The summed E-state index contributed by atoms with van der Waals surface area (Å²) in [4.78, 5) is 51.1. The van der Waals surface area contributed by atoms with Crippen LogP contribution in [0, 0.1) is 11.8 Å². The van der Waals surface area contributed by atoms with Gasteiger partial charge in [-0.15, -0.1) is 0 Å². The van der Waals surface area contributed by atoms with Crippen molar-refractivity contribution < 1.29 is 28.3 Å². The molecule has 3 N–H and O–H groups in total. The van der Waals surface area contributed by atoms with E-state index in [0.717, 1.165) is 16.1 Å². The summed E-state index contributed by atoms with van der Waals surface area (Å²) in [6.45, 7) is 7.52. The molecule has 0 fully saturated rings. The van der Waals surface area contributed by atoms with Gasteiger partial charge in [-0.3, -0.25) is 19.8 Å². The van der Waals surface area contributed by atoms with Gasteiger partial charge in [-0.2, -0.15) is 0 Å². The number of hydrazine groups is 1. The van der Waals surface area contributed by atoms with E-state index in [1.807, 2.05) is 38.1 Å². The molecule has 214 valence electrons. The van der Waals surface area contributed by atoms with Gasteiger partial charge >= 0.3 is 11.9 Å². The molecule has 1 heterocycles. The molecule has 0 saturated carbocycles. The lowest BCUT2D eigenvalue weighted by atomic mass is 9.97. The summed E-state index contributed by atoms with van der Waals surface area (Å²) in [5, 5.41) is 2.90. The van der Waals surface area contributed by atoms with E-state index in [1.165, 1.54) is 7.11 Å². The third-order valence-corrected chi connectivity index (χ3v) is 7.31. The second-order valence-corrected chi connectivity index (χ2v) is 10.6. The van der Waals surface area contributed by atoms with Crippen LogP contribution in [0.4, 0.5) is 0 Å². The Morgan fingerprint density at radius 3 is 2.40 bits per heavy atom. The first-order chi connectivity index (χ1) is 19.1. The molecule has 0 saturated heterocycles. The predicted molar refractivity (Wildman–Crippen MR) is 154 cm³/mol. The Kier molecular flexibility index (Phi) is 10.9. The highest BCUT2D eigenvalue weighted by atomic mass is 79.9. The molecule has 0 unspecified atom stereocenters. The summed E-state index contributed by atoms with van der Waals surface area (Å²) < 4.78 is 17.3. The van der Waals surface area contributed by atoms with Crippen molar-refractivity contribution in [3.8, 4) is 5.75 Å². The van der Waals surface area contributed by atoms with Crippen molar-refractivity contribution in [1.82, 2.24) is 16.2 Å². The summed E-state index contributed by atoms with van der Waals surface area (Å²) in [7, 11) is 1.25. The third-order valence-electron chi connectivity index (χ3n) is 6.54. The Morgan fingerprint density at radius 2 is 1.75 bits per heavy atom. The van der Waals surface area contributed by atoms with Crippen LogP contribution in [-0.4, -0.2) is 37.0 Å². The van der Waals surface area contributed by atoms with Gasteiger partial charge in [0.1, 0.15) is 35.4 Å². The van der Waals surface area contributed by atoms with Gasteiger partial charge < -0.3 is 19.2 Å². The van der Waals surface area contributed by atoms with Crippen molar-refractivity contribution in [1.29, 1.82) is 0 Å². The van der Waals surface area contributed by atoms with Gasteiger partial charge in [0, 0.05) is 16.1 Å². The molecule has 0 aliphatic rings. The van der Waals surface area contributed by atoms with Gasteiger partial charge in [-0.05, 0) is 30.0 Å². The molecule has 0 spiro atoms. The lowest BCUT2D eigenvalue weighted by Gasteiger charge is -2.27. The number of nitrogens with one attached hydrogen (secondary N) is 3. The average molecular weight is 617 g/mol. The highest BCUT2D eigenvalue weighted by Gasteiger charge is 2.31. The summed E-state index contributed by atoms with van der Waals surface area (Å²) in [5.41, 5.74) is 5.82. The number of fused-ring (bicyclic) bond motifs is 1. The van der Waals surface area contributed by atoms with Crippen LogP contribution in [0.5, 0.6) is 5.75 Å². The van der Waals surface area contributed by atoms with E-state index < -0.39 is 35.3 Å². The van der Waals surface area contributed by atoms with Gasteiger partial charge in [-0.25, -0.2) is 10.2 Å². The molecule has 0 bridgehead atoms. The van der Waals surface area contributed by atoms with Crippen LogP contribution in [0.25, 0.3) is 11.0 Å². The van der Waals surface area contributed by atoms with E-state index >= 15 is 0 Å². The van der Waals surface area contributed by atoms with Crippen LogP contribution in [-0.2, 0) is 20.9 Å². The molecule has 2 aromatic carbocycles. The van der Waals surface area contributed by atoms with Crippen LogP contribution in [0.3, 0.4) is 0 Å². The lowest BCUT2D eigenvalue weighted by molar-refractivity contribution is -0.146. The van der Waals surface area contributed by atoms with Gasteiger partial charge in [0.15, 0.2) is 11.2 Å². The molecule has 3 aromatic rings. The van der Waals surface area contributed by atoms with Crippen LogP contribution >= 0.6 is 15.9 Å². The molecule has 40 heavy (non-hydrogen) atoms. The summed E-state index contributed by atoms with van der Waals surface area (Å²) in [5.74, 6) is -2.12. The maximum absolute atomic E-state index is 13.1.